The zero-order chi connectivity index (χ0) is 21.8. The van der Waals surface area contributed by atoms with Gasteiger partial charge in [-0.05, 0) is 29.8 Å². The SMILES string of the molecule is CN(C)c1ccc(CNc2nn3cc(-c4ccc(C(=O)NCCO)cc4)nc3s2)cc1. The number of amides is 1. The van der Waals surface area contributed by atoms with Gasteiger partial charge in [-0.1, -0.05) is 35.6 Å². The van der Waals surface area contributed by atoms with Gasteiger partial charge in [0.05, 0.1) is 18.5 Å². The molecule has 0 bridgehead atoms. The molecule has 0 radical (unpaired) electrons. The third-order valence-corrected chi connectivity index (χ3v) is 5.66. The van der Waals surface area contributed by atoms with Crippen molar-refractivity contribution >= 4 is 33.0 Å². The average molecular weight is 437 g/mol. The van der Waals surface area contributed by atoms with Crippen molar-refractivity contribution in [3.63, 3.8) is 0 Å². The smallest absolute Gasteiger partial charge is 0.251 e. The number of hydrogen-bond acceptors (Lipinski definition) is 7. The van der Waals surface area contributed by atoms with Crippen LogP contribution in [0.4, 0.5) is 10.8 Å². The van der Waals surface area contributed by atoms with Crippen molar-refractivity contribution in [1.29, 1.82) is 0 Å². The van der Waals surface area contributed by atoms with Gasteiger partial charge in [0, 0.05) is 44.0 Å². The third-order valence-electron chi connectivity index (χ3n) is 4.78. The van der Waals surface area contributed by atoms with Crippen LogP contribution in [0.3, 0.4) is 0 Å². The van der Waals surface area contributed by atoms with Crippen LogP contribution in [0.2, 0.25) is 0 Å². The van der Waals surface area contributed by atoms with Gasteiger partial charge in [0.15, 0.2) is 0 Å². The zero-order valence-corrected chi connectivity index (χ0v) is 18.2. The molecule has 2 aromatic carbocycles. The molecule has 2 aromatic heterocycles. The molecular formula is C22H24N6O2S. The lowest BCUT2D eigenvalue weighted by Crippen LogP contribution is -2.26. The third kappa shape index (κ3) is 4.84. The van der Waals surface area contributed by atoms with E-state index in [1.165, 1.54) is 22.6 Å². The number of hydrogen-bond donors (Lipinski definition) is 3. The van der Waals surface area contributed by atoms with Gasteiger partial charge >= 0.3 is 0 Å². The minimum Gasteiger partial charge on any atom is -0.395 e. The molecule has 0 aliphatic rings. The van der Waals surface area contributed by atoms with Crippen LogP contribution in [0.25, 0.3) is 16.2 Å². The minimum atomic E-state index is -0.208. The molecule has 0 atom stereocenters. The predicted octanol–water partition coefficient (Wildman–Crippen LogP) is 2.86. The van der Waals surface area contributed by atoms with Gasteiger partial charge in [-0.3, -0.25) is 4.79 Å². The molecule has 0 saturated carbocycles. The topological polar surface area (TPSA) is 94.8 Å². The van der Waals surface area contributed by atoms with Crippen LogP contribution in [0, 0.1) is 0 Å². The highest BCUT2D eigenvalue weighted by Gasteiger charge is 2.11. The Balaban J connectivity index is 1.41. The Morgan fingerprint density at radius 2 is 1.87 bits per heavy atom. The quantitative estimate of drug-likeness (QED) is 0.393. The second-order valence-electron chi connectivity index (χ2n) is 7.23. The number of imidazole rings is 1. The molecule has 8 nitrogen and oxygen atoms in total. The van der Waals surface area contributed by atoms with Crippen molar-refractivity contribution in [1.82, 2.24) is 19.9 Å². The Hall–Kier alpha value is -3.43. The maximum Gasteiger partial charge on any atom is 0.251 e. The highest BCUT2D eigenvalue weighted by molar-refractivity contribution is 7.20. The normalized spacial score (nSPS) is 10.9. The van der Waals surface area contributed by atoms with E-state index in [9.17, 15) is 4.79 Å². The highest BCUT2D eigenvalue weighted by Crippen LogP contribution is 2.25. The first-order valence-corrected chi connectivity index (χ1v) is 10.7. The summed E-state index contributed by atoms with van der Waals surface area (Å²) in [4.78, 5) is 19.5. The number of rotatable bonds is 8. The zero-order valence-electron chi connectivity index (χ0n) is 17.4. The van der Waals surface area contributed by atoms with Crippen molar-refractivity contribution in [2.24, 2.45) is 0 Å². The number of carbonyl (C=O) groups is 1. The number of nitrogens with zero attached hydrogens (tertiary/aromatic N) is 4. The first kappa shape index (κ1) is 20.8. The van der Waals surface area contributed by atoms with E-state index < -0.39 is 0 Å². The summed E-state index contributed by atoms with van der Waals surface area (Å²) in [7, 11) is 4.05. The summed E-state index contributed by atoms with van der Waals surface area (Å²) >= 11 is 1.49. The van der Waals surface area contributed by atoms with Crippen LogP contribution >= 0.6 is 11.3 Å². The molecular weight excluding hydrogens is 412 g/mol. The molecule has 0 fully saturated rings. The number of carbonyl (C=O) groups excluding carboxylic acids is 1. The Labute approximate surface area is 184 Å². The summed E-state index contributed by atoms with van der Waals surface area (Å²) in [6, 6.07) is 15.6. The van der Waals surface area contributed by atoms with Crippen LogP contribution in [0.15, 0.2) is 54.7 Å². The fourth-order valence-corrected chi connectivity index (χ4v) is 3.84. The molecule has 0 spiro atoms. The Morgan fingerprint density at radius 1 is 1.13 bits per heavy atom. The molecule has 2 heterocycles. The van der Waals surface area contributed by atoms with E-state index in [4.69, 9.17) is 5.11 Å². The van der Waals surface area contributed by atoms with Crippen molar-refractivity contribution < 1.29 is 9.90 Å². The Kier molecular flexibility index (Phi) is 6.15. The largest absolute Gasteiger partial charge is 0.395 e. The van der Waals surface area contributed by atoms with Crippen LogP contribution in [0.1, 0.15) is 15.9 Å². The number of fused-ring (bicyclic) bond motifs is 1. The lowest BCUT2D eigenvalue weighted by Gasteiger charge is -2.12. The minimum absolute atomic E-state index is 0.0815. The van der Waals surface area contributed by atoms with E-state index in [0.717, 1.165) is 21.3 Å². The van der Waals surface area contributed by atoms with E-state index in [-0.39, 0.29) is 19.1 Å². The molecule has 0 aliphatic carbocycles. The van der Waals surface area contributed by atoms with Crippen LogP contribution in [-0.4, -0.2) is 52.9 Å². The molecule has 31 heavy (non-hydrogen) atoms. The summed E-state index contributed by atoms with van der Waals surface area (Å²) in [5, 5.41) is 20.2. The van der Waals surface area contributed by atoms with Crippen molar-refractivity contribution in [2.75, 3.05) is 37.5 Å². The second-order valence-corrected chi connectivity index (χ2v) is 8.19. The molecule has 9 heteroatoms. The molecule has 4 aromatic rings. The average Bonchev–Trinajstić information content (AvgIpc) is 3.35. The molecule has 0 unspecified atom stereocenters. The summed E-state index contributed by atoms with van der Waals surface area (Å²) < 4.78 is 1.76. The van der Waals surface area contributed by atoms with E-state index in [2.05, 4.69) is 49.9 Å². The van der Waals surface area contributed by atoms with Crippen molar-refractivity contribution in [2.45, 2.75) is 6.54 Å². The summed E-state index contributed by atoms with van der Waals surface area (Å²) in [6.45, 7) is 0.847. The van der Waals surface area contributed by atoms with Gasteiger partial charge in [-0.15, -0.1) is 5.10 Å². The van der Waals surface area contributed by atoms with Crippen LogP contribution < -0.4 is 15.5 Å². The summed E-state index contributed by atoms with van der Waals surface area (Å²) in [5.74, 6) is -0.208. The summed E-state index contributed by atoms with van der Waals surface area (Å²) in [6.07, 6.45) is 1.88. The Morgan fingerprint density at radius 3 is 2.52 bits per heavy atom. The number of nitrogens with one attached hydrogen (secondary N) is 2. The van der Waals surface area contributed by atoms with E-state index in [0.29, 0.717) is 12.1 Å². The number of aliphatic hydroxyl groups excluding tert-OH is 1. The van der Waals surface area contributed by atoms with Crippen molar-refractivity contribution in [3.8, 4) is 11.3 Å². The van der Waals surface area contributed by atoms with Gasteiger partial charge in [-0.2, -0.15) is 0 Å². The molecule has 1 amide bonds. The first-order chi connectivity index (χ1) is 15.0. The Bertz CT molecular complexity index is 1130. The van der Waals surface area contributed by atoms with Gasteiger partial charge in [0.25, 0.3) is 5.91 Å². The maximum atomic E-state index is 11.9. The van der Waals surface area contributed by atoms with Gasteiger partial charge in [-0.25, -0.2) is 9.50 Å². The van der Waals surface area contributed by atoms with E-state index in [1.807, 2.05) is 32.4 Å². The first-order valence-electron chi connectivity index (χ1n) is 9.89. The molecule has 0 aliphatic heterocycles. The van der Waals surface area contributed by atoms with Gasteiger partial charge < -0.3 is 20.6 Å². The van der Waals surface area contributed by atoms with E-state index in [1.54, 1.807) is 16.6 Å². The van der Waals surface area contributed by atoms with Crippen LogP contribution in [0.5, 0.6) is 0 Å². The number of aliphatic hydroxyl groups is 1. The van der Waals surface area contributed by atoms with E-state index >= 15 is 0 Å². The predicted molar refractivity (Wildman–Crippen MR) is 124 cm³/mol. The lowest BCUT2D eigenvalue weighted by molar-refractivity contribution is 0.0945. The second kappa shape index (κ2) is 9.15. The molecule has 160 valence electrons. The van der Waals surface area contributed by atoms with Crippen molar-refractivity contribution in [3.05, 3.63) is 65.9 Å². The highest BCUT2D eigenvalue weighted by atomic mass is 32.1. The molecule has 4 rings (SSSR count). The summed E-state index contributed by atoms with van der Waals surface area (Å²) in [5.41, 5.74) is 4.60. The van der Waals surface area contributed by atoms with Gasteiger partial charge in [0.2, 0.25) is 10.1 Å². The molecule has 3 N–H and O–H groups in total. The van der Waals surface area contributed by atoms with Crippen LogP contribution in [-0.2, 0) is 6.54 Å². The maximum absolute atomic E-state index is 11.9. The number of anilines is 2. The molecule has 0 saturated heterocycles. The lowest BCUT2D eigenvalue weighted by atomic mass is 10.1. The van der Waals surface area contributed by atoms with Gasteiger partial charge in [0.1, 0.15) is 0 Å². The number of aromatic nitrogens is 3. The standard InChI is InChI=1S/C22H24N6O2S/c1-27(2)18-9-3-15(4-10-18)13-24-21-26-28-14-19(25-22(28)31-21)16-5-7-17(8-6-16)20(30)23-11-12-29/h3-10,14,29H,11-13H2,1-2H3,(H,23,30)(H,24,26). The fraction of sp³-hybridized carbons (Fsp3) is 0.227. The number of benzene rings is 2. The monoisotopic (exact) mass is 436 g/mol. The fourth-order valence-electron chi connectivity index (χ4n) is 3.06.